The van der Waals surface area contributed by atoms with Crippen LogP contribution in [0.25, 0.3) is 0 Å². The van der Waals surface area contributed by atoms with Gasteiger partial charge in [0.15, 0.2) is 0 Å². The van der Waals surface area contributed by atoms with E-state index in [0.717, 1.165) is 6.42 Å². The number of benzene rings is 1. The van der Waals surface area contributed by atoms with Gasteiger partial charge in [-0.05, 0) is 24.6 Å². The van der Waals surface area contributed by atoms with Gasteiger partial charge >= 0.3 is 6.36 Å². The van der Waals surface area contributed by atoms with E-state index in [-0.39, 0.29) is 11.8 Å². The number of nitrogens with two attached hydrogens (primary N) is 1. The molecular formula is C12H16F3NO2. The molecule has 0 heterocycles. The molecule has 1 aromatic rings. The number of hydrogen-bond donors (Lipinski definition) is 1. The van der Waals surface area contributed by atoms with Crippen LogP contribution in [0, 0.1) is 0 Å². The van der Waals surface area contributed by atoms with Crippen molar-refractivity contribution in [2.75, 3.05) is 7.11 Å². The second-order valence-corrected chi connectivity index (χ2v) is 3.85. The topological polar surface area (TPSA) is 44.5 Å². The van der Waals surface area contributed by atoms with Crippen molar-refractivity contribution in [3.8, 4) is 11.5 Å². The van der Waals surface area contributed by atoms with E-state index in [0.29, 0.717) is 17.7 Å². The normalized spacial score (nSPS) is 13.2. The molecule has 0 amide bonds. The monoisotopic (exact) mass is 263 g/mol. The zero-order valence-electron chi connectivity index (χ0n) is 10.3. The minimum Gasteiger partial charge on any atom is -0.496 e. The van der Waals surface area contributed by atoms with Gasteiger partial charge in [-0.25, -0.2) is 0 Å². The molecule has 1 atom stereocenters. The molecule has 0 unspecified atom stereocenters. The molecular weight excluding hydrogens is 247 g/mol. The number of alkyl halides is 3. The summed E-state index contributed by atoms with van der Waals surface area (Å²) in [6.45, 7) is 1.95. The fraction of sp³-hybridized carbons (Fsp3) is 0.500. The molecule has 0 aliphatic heterocycles. The molecule has 1 rings (SSSR count). The van der Waals surface area contributed by atoms with E-state index in [9.17, 15) is 13.2 Å². The Morgan fingerprint density at radius 1 is 1.33 bits per heavy atom. The summed E-state index contributed by atoms with van der Waals surface area (Å²) in [5, 5.41) is 0. The number of hydrogen-bond acceptors (Lipinski definition) is 3. The number of halogens is 3. The fourth-order valence-corrected chi connectivity index (χ4v) is 1.67. The van der Waals surface area contributed by atoms with Crippen LogP contribution in [-0.4, -0.2) is 13.5 Å². The maximum atomic E-state index is 12.1. The summed E-state index contributed by atoms with van der Waals surface area (Å²) < 4.78 is 45.3. The molecule has 0 aliphatic carbocycles. The van der Waals surface area contributed by atoms with Crippen molar-refractivity contribution in [1.29, 1.82) is 0 Å². The lowest BCUT2D eigenvalue weighted by Crippen LogP contribution is -2.18. The maximum Gasteiger partial charge on any atom is 0.573 e. The van der Waals surface area contributed by atoms with Gasteiger partial charge in [0, 0.05) is 11.6 Å². The number of methoxy groups -OCH3 is 1. The van der Waals surface area contributed by atoms with Gasteiger partial charge in [-0.3, -0.25) is 0 Å². The zero-order chi connectivity index (χ0) is 13.8. The third-order valence-corrected chi connectivity index (χ3v) is 2.43. The van der Waals surface area contributed by atoms with Gasteiger partial charge in [0.2, 0.25) is 0 Å². The average Bonchev–Trinajstić information content (AvgIpc) is 2.27. The van der Waals surface area contributed by atoms with E-state index in [1.807, 2.05) is 6.92 Å². The summed E-state index contributed by atoms with van der Waals surface area (Å²) in [6, 6.07) is 3.52. The summed E-state index contributed by atoms with van der Waals surface area (Å²) in [4.78, 5) is 0. The molecule has 0 saturated heterocycles. The minimum absolute atomic E-state index is 0.287. The van der Waals surface area contributed by atoms with Gasteiger partial charge in [0.1, 0.15) is 11.5 Å². The van der Waals surface area contributed by atoms with Gasteiger partial charge in [-0.1, -0.05) is 13.3 Å². The molecule has 2 N–H and O–H groups in total. The van der Waals surface area contributed by atoms with Crippen LogP contribution in [0.3, 0.4) is 0 Å². The Morgan fingerprint density at radius 3 is 2.50 bits per heavy atom. The Balaban J connectivity index is 3.01. The van der Waals surface area contributed by atoms with Crippen molar-refractivity contribution >= 4 is 0 Å². The smallest absolute Gasteiger partial charge is 0.496 e. The molecule has 0 bridgehead atoms. The molecule has 0 saturated carbocycles. The Morgan fingerprint density at radius 2 is 2.00 bits per heavy atom. The highest BCUT2D eigenvalue weighted by Crippen LogP contribution is 2.32. The van der Waals surface area contributed by atoms with Gasteiger partial charge in [-0.15, -0.1) is 13.2 Å². The molecule has 18 heavy (non-hydrogen) atoms. The minimum atomic E-state index is -4.71. The summed E-state index contributed by atoms with van der Waals surface area (Å²) in [6.07, 6.45) is -3.22. The summed E-state index contributed by atoms with van der Waals surface area (Å²) in [7, 11) is 1.45. The second kappa shape index (κ2) is 5.95. The summed E-state index contributed by atoms with van der Waals surface area (Å²) in [5.41, 5.74) is 6.41. The number of rotatable bonds is 5. The quantitative estimate of drug-likeness (QED) is 0.885. The lowest BCUT2D eigenvalue weighted by Gasteiger charge is -2.17. The lowest BCUT2D eigenvalue weighted by molar-refractivity contribution is -0.274. The van der Waals surface area contributed by atoms with Crippen molar-refractivity contribution < 1.29 is 22.6 Å². The Kier molecular flexibility index (Phi) is 4.84. The fourth-order valence-electron chi connectivity index (χ4n) is 1.67. The highest BCUT2D eigenvalue weighted by molar-refractivity contribution is 5.42. The Hall–Kier alpha value is -1.43. The first-order valence-corrected chi connectivity index (χ1v) is 5.56. The standard InChI is InChI=1S/C12H16F3NO2/c1-3-4-10(16)9-7-8(18-12(13,14)15)5-6-11(9)17-2/h5-7,10H,3-4,16H2,1-2H3/t10-/m1/s1. The largest absolute Gasteiger partial charge is 0.573 e. The van der Waals surface area contributed by atoms with Gasteiger partial charge in [0.05, 0.1) is 7.11 Å². The molecule has 0 aromatic heterocycles. The summed E-state index contributed by atoms with van der Waals surface area (Å²) in [5.74, 6) is 0.176. The second-order valence-electron chi connectivity index (χ2n) is 3.85. The zero-order valence-corrected chi connectivity index (χ0v) is 10.3. The van der Waals surface area contributed by atoms with Gasteiger partial charge < -0.3 is 15.2 Å². The molecule has 1 aromatic carbocycles. The van der Waals surface area contributed by atoms with Gasteiger partial charge in [0.25, 0.3) is 0 Å². The van der Waals surface area contributed by atoms with Crippen molar-refractivity contribution in [1.82, 2.24) is 0 Å². The van der Waals surface area contributed by atoms with Crippen LogP contribution < -0.4 is 15.2 Å². The first-order chi connectivity index (χ1) is 8.37. The van der Waals surface area contributed by atoms with Crippen molar-refractivity contribution in [3.63, 3.8) is 0 Å². The van der Waals surface area contributed by atoms with Crippen LogP contribution in [0.1, 0.15) is 31.4 Å². The van der Waals surface area contributed by atoms with Crippen LogP contribution in [-0.2, 0) is 0 Å². The molecule has 0 aliphatic rings. The van der Waals surface area contributed by atoms with E-state index in [1.165, 1.54) is 25.3 Å². The molecule has 6 heteroatoms. The van der Waals surface area contributed by atoms with Crippen LogP contribution in [0.4, 0.5) is 13.2 Å². The first-order valence-electron chi connectivity index (χ1n) is 5.56. The van der Waals surface area contributed by atoms with E-state index < -0.39 is 6.36 Å². The SMILES string of the molecule is CCC[C@@H](N)c1cc(OC(F)(F)F)ccc1OC. The lowest BCUT2D eigenvalue weighted by atomic mass is 10.0. The molecule has 0 spiro atoms. The molecule has 3 nitrogen and oxygen atoms in total. The third-order valence-electron chi connectivity index (χ3n) is 2.43. The van der Waals surface area contributed by atoms with E-state index in [4.69, 9.17) is 10.5 Å². The average molecular weight is 263 g/mol. The highest BCUT2D eigenvalue weighted by atomic mass is 19.4. The Labute approximate surface area is 104 Å². The van der Waals surface area contributed by atoms with E-state index >= 15 is 0 Å². The predicted molar refractivity (Wildman–Crippen MR) is 61.5 cm³/mol. The van der Waals surface area contributed by atoms with Crippen LogP contribution in [0.2, 0.25) is 0 Å². The number of ether oxygens (including phenoxy) is 2. The van der Waals surface area contributed by atoms with Crippen LogP contribution in [0.5, 0.6) is 11.5 Å². The Bertz CT molecular complexity index is 393. The maximum absolute atomic E-state index is 12.1. The summed E-state index contributed by atoms with van der Waals surface area (Å²) >= 11 is 0. The van der Waals surface area contributed by atoms with E-state index in [2.05, 4.69) is 4.74 Å². The van der Waals surface area contributed by atoms with Gasteiger partial charge in [-0.2, -0.15) is 0 Å². The van der Waals surface area contributed by atoms with Crippen molar-refractivity contribution in [2.45, 2.75) is 32.2 Å². The van der Waals surface area contributed by atoms with Crippen LogP contribution in [0.15, 0.2) is 18.2 Å². The molecule has 0 radical (unpaired) electrons. The van der Waals surface area contributed by atoms with Crippen molar-refractivity contribution in [2.24, 2.45) is 5.73 Å². The molecule has 0 fully saturated rings. The highest BCUT2D eigenvalue weighted by Gasteiger charge is 2.31. The van der Waals surface area contributed by atoms with E-state index in [1.54, 1.807) is 0 Å². The first kappa shape index (κ1) is 14.6. The third kappa shape index (κ3) is 4.10. The molecule has 102 valence electrons. The van der Waals surface area contributed by atoms with Crippen molar-refractivity contribution in [3.05, 3.63) is 23.8 Å². The predicted octanol–water partition coefficient (Wildman–Crippen LogP) is 3.39. The van der Waals surface area contributed by atoms with Crippen LogP contribution >= 0.6 is 0 Å².